The smallest absolute Gasteiger partial charge is 0.326 e. The number of H-pyrrole nitrogens is 1. The number of carbonyl (C=O) groups is 2. The summed E-state index contributed by atoms with van der Waals surface area (Å²) in [4.78, 5) is 55.5. The van der Waals surface area contributed by atoms with E-state index >= 15 is 0 Å². The predicted octanol–water partition coefficient (Wildman–Crippen LogP) is 8.38. The molecule has 20 nitrogen and oxygen atoms in total. The van der Waals surface area contributed by atoms with Crippen LogP contribution in [0.4, 0.5) is 23.0 Å². The molecule has 9 rings (SSSR count). The molecule has 2 aliphatic heterocycles. The number of aromatic amines is 1. The second-order valence-electron chi connectivity index (χ2n) is 21.9. The van der Waals surface area contributed by atoms with Crippen molar-refractivity contribution in [2.45, 2.75) is 102 Å². The first-order chi connectivity index (χ1) is 39.4. The molecule has 434 valence electrons. The van der Waals surface area contributed by atoms with E-state index in [1.807, 2.05) is 24.3 Å². The Morgan fingerprint density at radius 3 is 2.30 bits per heavy atom. The molecule has 22 heteroatoms. The summed E-state index contributed by atoms with van der Waals surface area (Å²) in [7, 11) is -8.48. The number of para-hydroxylation sites is 2. The number of amides is 1. The quantitative estimate of drug-likeness (QED) is 0.0199. The van der Waals surface area contributed by atoms with Gasteiger partial charge in [-0.3, -0.25) is 19.1 Å². The molecule has 0 radical (unpaired) electrons. The summed E-state index contributed by atoms with van der Waals surface area (Å²) < 4.78 is 76.4. The molecule has 0 fully saturated rings. The fourth-order valence-electron chi connectivity index (χ4n) is 11.1. The summed E-state index contributed by atoms with van der Waals surface area (Å²) in [5.41, 5.74) is 14.5. The maximum Gasteiger partial charge on any atom is 0.326 e. The Bertz CT molecular complexity index is 3930. The van der Waals surface area contributed by atoms with E-state index in [0.29, 0.717) is 67.2 Å². The lowest BCUT2D eigenvalue weighted by Gasteiger charge is -2.28. The van der Waals surface area contributed by atoms with Crippen molar-refractivity contribution in [2.75, 3.05) is 40.5 Å². The lowest BCUT2D eigenvalue weighted by molar-refractivity contribution is -0.438. The van der Waals surface area contributed by atoms with Crippen molar-refractivity contribution < 1.29 is 49.9 Å². The van der Waals surface area contributed by atoms with Gasteiger partial charge in [-0.15, -0.1) is 0 Å². The molecule has 83 heavy (non-hydrogen) atoms. The highest BCUT2D eigenvalue weighted by atomic mass is 32.2. The van der Waals surface area contributed by atoms with Crippen LogP contribution in [0.15, 0.2) is 155 Å². The highest BCUT2D eigenvalue weighted by molar-refractivity contribution is 7.85. The first-order valence-electron chi connectivity index (χ1n) is 27.4. The maximum atomic E-state index is 13.5. The van der Waals surface area contributed by atoms with Crippen LogP contribution in [0.3, 0.4) is 0 Å². The normalized spacial score (nSPS) is 17.1. The van der Waals surface area contributed by atoms with Gasteiger partial charge in [0.2, 0.25) is 11.6 Å². The number of nitrogens with two attached hydrogens (primary N) is 1. The van der Waals surface area contributed by atoms with E-state index in [-0.39, 0.29) is 54.2 Å². The molecule has 0 saturated heterocycles. The van der Waals surface area contributed by atoms with E-state index in [1.54, 1.807) is 48.5 Å². The van der Waals surface area contributed by atoms with Crippen molar-refractivity contribution in [3.05, 3.63) is 188 Å². The maximum absolute atomic E-state index is 13.5. The monoisotopic (exact) mass is 1170 g/mol. The molecule has 6 aromatic rings. The van der Waals surface area contributed by atoms with Gasteiger partial charge in [0.05, 0.1) is 39.7 Å². The number of ether oxygens (including phenoxy) is 1. The summed E-state index contributed by atoms with van der Waals surface area (Å²) in [6.45, 7) is 9.85. The van der Waals surface area contributed by atoms with Crippen molar-refractivity contribution in [1.29, 1.82) is 0 Å². The van der Waals surface area contributed by atoms with Crippen LogP contribution in [-0.2, 0) is 48.8 Å². The molecule has 0 unspecified atom stereocenters. The van der Waals surface area contributed by atoms with Gasteiger partial charge in [-0.1, -0.05) is 68.5 Å². The van der Waals surface area contributed by atoms with Gasteiger partial charge in [-0.25, -0.2) is 23.2 Å². The van der Waals surface area contributed by atoms with Gasteiger partial charge in [0.15, 0.2) is 16.9 Å². The molecule has 0 saturated carbocycles. The zero-order chi connectivity index (χ0) is 59.3. The van der Waals surface area contributed by atoms with Crippen molar-refractivity contribution in [1.82, 2.24) is 25.3 Å². The highest BCUT2D eigenvalue weighted by Crippen LogP contribution is 2.48. The van der Waals surface area contributed by atoms with E-state index in [9.17, 15) is 45.4 Å². The minimum Gasteiger partial charge on any atom is -0.748 e. The summed E-state index contributed by atoms with van der Waals surface area (Å²) in [5, 5.41) is 16.1. The number of carboxylic acid groups (broad SMARTS) is 1. The SMILES string of the molecule is CC1(C)C(/C=C/C2=C(Oc3ccc(C[C@H](NC(=O)c4ccc(NCc5cnc6nc(N)[nH]c(=O)c6n5)cc4)C(=O)O)cc3)C(=C/C=C3/N(CCCCS(=O)(=O)[O-])c4ccccc4C3(C)C)/CCC2)=[N+](CCCCS(=O)(=O)O)c2ccccc21. The van der Waals surface area contributed by atoms with Crippen molar-refractivity contribution in [2.24, 2.45) is 0 Å². The van der Waals surface area contributed by atoms with Crippen LogP contribution in [0.25, 0.3) is 11.2 Å². The summed E-state index contributed by atoms with van der Waals surface area (Å²) in [6, 6.07) is 28.5. The average molecular weight is 1170 g/mol. The zero-order valence-electron chi connectivity index (χ0n) is 46.6. The standard InChI is InChI=1S/C61H67N9O11S2/c1-60(2)46-16-5-7-18-49(46)69(32-9-11-34-82(75,76)77)51(60)30-24-40-14-13-15-41(25-31-52-61(3,4)47-17-6-8-19-50(47)70(52)33-10-12-35-83(78,79)80)54(40)81-45-28-20-39(21-29-45)36-48(58(73)74)66-56(71)42-22-26-43(27-23-42)63-37-44-38-64-55-53(65-44)57(72)68-59(62)67-55/h5-8,16-31,38,48H,9-15,32-37H2,1-4H3,(H7-,62,63,64,66,67,68,71,72,73,74,75,76,77,78,79,80)/t48-/m0/s1. The number of fused-ring (bicyclic) bond motifs is 3. The first-order valence-corrected chi connectivity index (χ1v) is 30.6. The molecule has 2 aromatic heterocycles. The number of allylic oxidation sites excluding steroid dienone is 7. The van der Waals surface area contributed by atoms with Crippen LogP contribution in [0.5, 0.6) is 5.75 Å². The molecule has 4 aromatic carbocycles. The second-order valence-corrected chi connectivity index (χ2v) is 25.0. The number of aliphatic carboxylic acids is 1. The molecule has 3 aliphatic rings. The lowest BCUT2D eigenvalue weighted by atomic mass is 9.81. The number of carbonyl (C=O) groups excluding carboxylic acids is 1. The third kappa shape index (κ3) is 14.1. The van der Waals surface area contributed by atoms with Crippen LogP contribution in [0.1, 0.15) is 105 Å². The fraction of sp³-hybridized carbons (Fsp3) is 0.328. The number of rotatable bonds is 23. The van der Waals surface area contributed by atoms with E-state index in [2.05, 4.69) is 116 Å². The third-order valence-corrected chi connectivity index (χ3v) is 16.9. The Balaban J connectivity index is 0.973. The van der Waals surface area contributed by atoms with Crippen LogP contribution >= 0.6 is 0 Å². The fourth-order valence-corrected chi connectivity index (χ4v) is 12.2. The molecule has 4 heterocycles. The number of nitrogens with zero attached hydrogens (tertiary/aromatic N) is 5. The molecule has 0 bridgehead atoms. The Labute approximate surface area is 482 Å². The van der Waals surface area contributed by atoms with Gasteiger partial charge < -0.3 is 35.7 Å². The minimum absolute atomic E-state index is 0.0292. The van der Waals surface area contributed by atoms with E-state index in [0.717, 1.165) is 51.5 Å². The molecular formula is C61H67N9O11S2. The van der Waals surface area contributed by atoms with E-state index in [4.69, 9.17) is 10.5 Å². The van der Waals surface area contributed by atoms with Crippen LogP contribution < -0.4 is 31.6 Å². The topological polar surface area (TPSA) is 303 Å². The number of nitrogens with one attached hydrogen (secondary N) is 3. The number of carboxylic acids is 1. The Morgan fingerprint density at radius 2 is 1.58 bits per heavy atom. The number of hydrogen-bond donors (Lipinski definition) is 6. The Morgan fingerprint density at radius 1 is 0.867 bits per heavy atom. The number of benzene rings is 4. The molecule has 1 amide bonds. The number of aromatic nitrogens is 4. The lowest BCUT2D eigenvalue weighted by Crippen LogP contribution is -2.42. The number of hydrogen-bond acceptors (Lipinski definition) is 15. The van der Waals surface area contributed by atoms with Gasteiger partial charge in [0.1, 0.15) is 24.1 Å². The van der Waals surface area contributed by atoms with Crippen molar-refractivity contribution in [3.63, 3.8) is 0 Å². The minimum atomic E-state index is -4.36. The van der Waals surface area contributed by atoms with Gasteiger partial charge in [0, 0.05) is 70.9 Å². The highest BCUT2D eigenvalue weighted by Gasteiger charge is 2.44. The van der Waals surface area contributed by atoms with Gasteiger partial charge in [-0.05, 0) is 129 Å². The van der Waals surface area contributed by atoms with Crippen LogP contribution in [0, 0.1) is 0 Å². The zero-order valence-corrected chi connectivity index (χ0v) is 48.2. The average Bonchev–Trinajstić information content (AvgIpc) is 2.65. The molecule has 1 atom stereocenters. The predicted molar refractivity (Wildman–Crippen MR) is 318 cm³/mol. The first kappa shape index (κ1) is 59.3. The van der Waals surface area contributed by atoms with Gasteiger partial charge in [0.25, 0.3) is 21.6 Å². The summed E-state index contributed by atoms with van der Waals surface area (Å²) in [6.07, 6.45) is 13.5. The summed E-state index contributed by atoms with van der Waals surface area (Å²) >= 11 is 0. The third-order valence-electron chi connectivity index (χ3n) is 15.3. The molecule has 1 aliphatic carbocycles. The molecule has 0 spiro atoms. The van der Waals surface area contributed by atoms with Gasteiger partial charge >= 0.3 is 5.97 Å². The van der Waals surface area contributed by atoms with Crippen LogP contribution in [0.2, 0.25) is 0 Å². The number of unbranched alkanes of at least 4 members (excludes halogenated alkanes) is 2. The van der Waals surface area contributed by atoms with Gasteiger partial charge in [-0.2, -0.15) is 18.0 Å². The Kier molecular flexibility index (Phi) is 17.6. The number of nitrogen functional groups attached to an aromatic ring is 1. The second kappa shape index (κ2) is 24.6. The van der Waals surface area contributed by atoms with Crippen molar-refractivity contribution >= 4 is 72.0 Å². The molecule has 7 N–H and O–H groups in total. The number of anilines is 3. The van der Waals surface area contributed by atoms with Crippen molar-refractivity contribution in [3.8, 4) is 5.75 Å². The Hall–Kier alpha value is -8.31. The largest absolute Gasteiger partial charge is 0.748 e. The van der Waals surface area contributed by atoms with Crippen LogP contribution in [-0.4, -0.2) is 104 Å². The van der Waals surface area contributed by atoms with E-state index < -0.39 is 60.3 Å². The summed E-state index contributed by atoms with van der Waals surface area (Å²) in [5.74, 6) is -1.50. The van der Waals surface area contributed by atoms with E-state index in [1.165, 1.54) is 6.20 Å². The molecular weight excluding hydrogens is 1100 g/mol.